The standard InChI is InChI=1S/C14H21NO3/c16-13(15-10-6-2-1-3-7-10)11-8-4-5-9-12(11)14(17)18/h4-5,10-12H,1-3,6-9H2,(H,15,16)(H,17,18)/p-1/t11-,12+/m0/s1. The number of aliphatic carboxylic acids is 1. The number of hydrogen-bond donors (Lipinski definition) is 1. The van der Waals surface area contributed by atoms with Gasteiger partial charge in [0.25, 0.3) is 0 Å². The number of rotatable bonds is 3. The Bertz CT molecular complexity index is 345. The van der Waals surface area contributed by atoms with E-state index in [1.54, 1.807) is 0 Å². The maximum absolute atomic E-state index is 12.1. The molecule has 0 spiro atoms. The third-order valence-electron chi connectivity index (χ3n) is 4.02. The van der Waals surface area contributed by atoms with Crippen molar-refractivity contribution in [2.75, 3.05) is 0 Å². The molecule has 4 nitrogen and oxygen atoms in total. The fourth-order valence-electron chi connectivity index (χ4n) is 2.92. The third kappa shape index (κ3) is 3.12. The van der Waals surface area contributed by atoms with Gasteiger partial charge in [-0.05, 0) is 25.7 Å². The van der Waals surface area contributed by atoms with Crippen LogP contribution in [-0.4, -0.2) is 17.9 Å². The van der Waals surface area contributed by atoms with Gasteiger partial charge in [-0.2, -0.15) is 0 Å². The van der Waals surface area contributed by atoms with Crippen molar-refractivity contribution < 1.29 is 14.7 Å². The van der Waals surface area contributed by atoms with Crippen molar-refractivity contribution in [3.05, 3.63) is 12.2 Å². The molecule has 0 aromatic rings. The van der Waals surface area contributed by atoms with Crippen molar-refractivity contribution in [2.45, 2.75) is 51.0 Å². The number of hydrogen-bond acceptors (Lipinski definition) is 3. The first-order valence-corrected chi connectivity index (χ1v) is 6.84. The Balaban J connectivity index is 1.93. The van der Waals surface area contributed by atoms with Crippen LogP contribution in [0.5, 0.6) is 0 Å². The Morgan fingerprint density at radius 1 is 1.00 bits per heavy atom. The van der Waals surface area contributed by atoms with Crippen molar-refractivity contribution in [1.29, 1.82) is 0 Å². The third-order valence-corrected chi connectivity index (χ3v) is 4.02. The molecule has 0 unspecified atom stereocenters. The summed E-state index contributed by atoms with van der Waals surface area (Å²) in [7, 11) is 0. The molecule has 2 atom stereocenters. The number of carbonyl (C=O) groups is 2. The average Bonchev–Trinajstić information content (AvgIpc) is 2.40. The van der Waals surface area contributed by atoms with E-state index < -0.39 is 17.8 Å². The van der Waals surface area contributed by atoms with Gasteiger partial charge in [0, 0.05) is 23.8 Å². The summed E-state index contributed by atoms with van der Waals surface area (Å²) >= 11 is 0. The number of carbonyl (C=O) groups excluding carboxylic acids is 2. The van der Waals surface area contributed by atoms with E-state index in [0.717, 1.165) is 25.7 Å². The van der Waals surface area contributed by atoms with Crippen LogP contribution >= 0.6 is 0 Å². The van der Waals surface area contributed by atoms with Gasteiger partial charge in [-0.25, -0.2) is 0 Å². The topological polar surface area (TPSA) is 69.2 Å². The highest BCUT2D eigenvalue weighted by atomic mass is 16.4. The maximum Gasteiger partial charge on any atom is 0.224 e. The van der Waals surface area contributed by atoms with E-state index in [0.29, 0.717) is 12.8 Å². The Labute approximate surface area is 107 Å². The van der Waals surface area contributed by atoms with Crippen LogP contribution in [0.4, 0.5) is 0 Å². The predicted molar refractivity (Wildman–Crippen MR) is 65.4 cm³/mol. The molecule has 0 bridgehead atoms. The van der Waals surface area contributed by atoms with Crippen molar-refractivity contribution in [1.82, 2.24) is 5.32 Å². The van der Waals surface area contributed by atoms with E-state index >= 15 is 0 Å². The van der Waals surface area contributed by atoms with Gasteiger partial charge in [0.2, 0.25) is 5.91 Å². The SMILES string of the molecule is O=C(NC1CCCCC1)[C@H]1CC=CC[C@H]1C(=O)[O-]. The van der Waals surface area contributed by atoms with Gasteiger partial charge in [0.1, 0.15) is 0 Å². The number of allylic oxidation sites excluding steroid dienone is 2. The van der Waals surface area contributed by atoms with E-state index in [4.69, 9.17) is 0 Å². The summed E-state index contributed by atoms with van der Waals surface area (Å²) in [6.07, 6.45) is 10.2. The monoisotopic (exact) mass is 250 g/mol. The lowest BCUT2D eigenvalue weighted by molar-refractivity contribution is -0.313. The molecular formula is C14H20NO3-. The molecule has 0 aromatic heterocycles. The molecule has 100 valence electrons. The predicted octanol–water partition coefficient (Wildman–Crippen LogP) is 0.768. The molecule has 0 saturated heterocycles. The molecule has 1 fully saturated rings. The van der Waals surface area contributed by atoms with E-state index in [1.165, 1.54) is 6.42 Å². The lowest BCUT2D eigenvalue weighted by Crippen LogP contribution is -2.46. The van der Waals surface area contributed by atoms with E-state index in [-0.39, 0.29) is 11.9 Å². The van der Waals surface area contributed by atoms with Crippen molar-refractivity contribution in [3.8, 4) is 0 Å². The summed E-state index contributed by atoms with van der Waals surface area (Å²) in [6, 6.07) is 0.236. The van der Waals surface area contributed by atoms with Crippen LogP contribution in [0.25, 0.3) is 0 Å². The lowest BCUT2D eigenvalue weighted by atomic mass is 9.82. The van der Waals surface area contributed by atoms with Gasteiger partial charge >= 0.3 is 0 Å². The Morgan fingerprint density at radius 3 is 2.22 bits per heavy atom. The highest BCUT2D eigenvalue weighted by Crippen LogP contribution is 2.26. The van der Waals surface area contributed by atoms with Crippen molar-refractivity contribution >= 4 is 11.9 Å². The van der Waals surface area contributed by atoms with Crippen LogP contribution in [0, 0.1) is 11.8 Å². The van der Waals surface area contributed by atoms with Gasteiger partial charge in [-0.3, -0.25) is 4.79 Å². The molecule has 1 saturated carbocycles. The molecular weight excluding hydrogens is 230 g/mol. The minimum absolute atomic E-state index is 0.111. The Morgan fingerprint density at radius 2 is 1.61 bits per heavy atom. The molecule has 4 heteroatoms. The van der Waals surface area contributed by atoms with Crippen LogP contribution < -0.4 is 10.4 Å². The second-order valence-corrected chi connectivity index (χ2v) is 5.32. The summed E-state index contributed by atoms with van der Waals surface area (Å²) in [5.74, 6) is -2.34. The smallest absolute Gasteiger partial charge is 0.224 e. The van der Waals surface area contributed by atoms with Crippen LogP contribution in [-0.2, 0) is 9.59 Å². The molecule has 1 N–H and O–H groups in total. The zero-order chi connectivity index (χ0) is 13.0. The quantitative estimate of drug-likeness (QED) is 0.752. The van der Waals surface area contributed by atoms with Crippen LogP contribution in [0.3, 0.4) is 0 Å². The number of amides is 1. The lowest BCUT2D eigenvalue weighted by Gasteiger charge is -2.31. The fourth-order valence-corrected chi connectivity index (χ4v) is 2.92. The summed E-state index contributed by atoms with van der Waals surface area (Å²) < 4.78 is 0. The van der Waals surface area contributed by atoms with Gasteiger partial charge in [0.15, 0.2) is 0 Å². The highest BCUT2D eigenvalue weighted by Gasteiger charge is 2.31. The van der Waals surface area contributed by atoms with E-state index in [1.807, 2.05) is 12.2 Å². The normalized spacial score (nSPS) is 28.9. The molecule has 0 radical (unpaired) electrons. The molecule has 18 heavy (non-hydrogen) atoms. The second kappa shape index (κ2) is 6.03. The minimum atomic E-state index is -1.11. The van der Waals surface area contributed by atoms with E-state index in [2.05, 4.69) is 5.32 Å². The van der Waals surface area contributed by atoms with Crippen molar-refractivity contribution in [3.63, 3.8) is 0 Å². The summed E-state index contributed by atoms with van der Waals surface area (Å²) in [5.41, 5.74) is 0. The second-order valence-electron chi connectivity index (χ2n) is 5.32. The first kappa shape index (κ1) is 13.1. The molecule has 2 aliphatic rings. The number of nitrogens with one attached hydrogen (secondary N) is 1. The fraction of sp³-hybridized carbons (Fsp3) is 0.714. The van der Waals surface area contributed by atoms with E-state index in [9.17, 15) is 14.7 Å². The number of carboxylic acid groups (broad SMARTS) is 1. The maximum atomic E-state index is 12.1. The number of carboxylic acids is 1. The molecule has 1 amide bonds. The summed E-state index contributed by atoms with van der Waals surface area (Å²) in [5, 5.41) is 14.0. The summed E-state index contributed by atoms with van der Waals surface area (Å²) in [6.45, 7) is 0. The Kier molecular flexibility index (Phi) is 4.39. The molecule has 0 aromatic carbocycles. The molecule has 0 heterocycles. The highest BCUT2D eigenvalue weighted by molar-refractivity contribution is 5.84. The van der Waals surface area contributed by atoms with Gasteiger partial charge in [0.05, 0.1) is 0 Å². The van der Waals surface area contributed by atoms with Gasteiger partial charge in [-0.1, -0.05) is 31.4 Å². The minimum Gasteiger partial charge on any atom is -0.550 e. The largest absolute Gasteiger partial charge is 0.550 e. The molecule has 0 aliphatic heterocycles. The molecule has 2 aliphatic carbocycles. The zero-order valence-electron chi connectivity index (χ0n) is 10.6. The average molecular weight is 250 g/mol. The van der Waals surface area contributed by atoms with Gasteiger partial charge in [-0.15, -0.1) is 0 Å². The zero-order valence-corrected chi connectivity index (χ0v) is 10.6. The molecule has 2 rings (SSSR count). The van der Waals surface area contributed by atoms with Crippen LogP contribution in [0.1, 0.15) is 44.9 Å². The van der Waals surface area contributed by atoms with Gasteiger partial charge < -0.3 is 15.2 Å². The van der Waals surface area contributed by atoms with Crippen LogP contribution in [0.15, 0.2) is 12.2 Å². The summed E-state index contributed by atoms with van der Waals surface area (Å²) in [4.78, 5) is 23.2. The Hall–Kier alpha value is -1.32. The van der Waals surface area contributed by atoms with Crippen LogP contribution in [0.2, 0.25) is 0 Å². The first-order valence-electron chi connectivity index (χ1n) is 6.84. The first-order chi connectivity index (χ1) is 8.68. The van der Waals surface area contributed by atoms with Crippen molar-refractivity contribution in [2.24, 2.45) is 11.8 Å².